The number of carbonyl (C=O) groups excluding carboxylic acids is 2. The molecule has 0 bridgehead atoms. The van der Waals surface area contributed by atoms with Crippen LogP contribution in [0.3, 0.4) is 0 Å². The van der Waals surface area contributed by atoms with Crippen LogP contribution in [0.5, 0.6) is 0 Å². The minimum absolute atomic E-state index is 0. The molecule has 1 fully saturated rings. The van der Waals surface area contributed by atoms with E-state index in [9.17, 15) is 9.59 Å². The van der Waals surface area contributed by atoms with Crippen molar-refractivity contribution in [2.24, 2.45) is 0 Å². The van der Waals surface area contributed by atoms with Gasteiger partial charge < -0.3 is 15.5 Å². The molecule has 1 aromatic rings. The topological polar surface area (TPSA) is 61.4 Å². The number of thiophene rings is 1. The van der Waals surface area contributed by atoms with Gasteiger partial charge >= 0.3 is 0 Å². The second-order valence-corrected chi connectivity index (χ2v) is 5.44. The fourth-order valence-electron chi connectivity index (χ4n) is 2.13. The molecule has 1 aromatic heterocycles. The summed E-state index contributed by atoms with van der Waals surface area (Å²) in [5.74, 6) is 0.00188. The van der Waals surface area contributed by atoms with Crippen LogP contribution in [0.25, 0.3) is 0 Å². The van der Waals surface area contributed by atoms with Crippen LogP contribution in [0.15, 0.2) is 16.8 Å². The van der Waals surface area contributed by atoms with Crippen molar-refractivity contribution in [1.82, 2.24) is 15.5 Å². The molecule has 1 aliphatic heterocycles. The van der Waals surface area contributed by atoms with Crippen LogP contribution in [-0.2, 0) is 4.79 Å². The summed E-state index contributed by atoms with van der Waals surface area (Å²) in [6.45, 7) is 4.86. The first-order valence-electron chi connectivity index (χ1n) is 6.49. The largest absolute Gasteiger partial charge is 0.351 e. The average Bonchev–Trinajstić information content (AvgIpc) is 2.93. The maximum Gasteiger partial charge on any atom is 0.252 e. The van der Waals surface area contributed by atoms with E-state index in [4.69, 9.17) is 0 Å². The van der Waals surface area contributed by atoms with E-state index < -0.39 is 0 Å². The molecule has 0 unspecified atom stereocenters. The summed E-state index contributed by atoms with van der Waals surface area (Å²) in [5, 5.41) is 9.69. The predicted octanol–water partition coefficient (Wildman–Crippen LogP) is 1.11. The maximum absolute atomic E-state index is 12.0. The second-order valence-electron chi connectivity index (χ2n) is 4.66. The Morgan fingerprint density at radius 1 is 1.55 bits per heavy atom. The second kappa shape index (κ2) is 8.24. The van der Waals surface area contributed by atoms with E-state index >= 15 is 0 Å². The molecule has 112 valence electrons. The van der Waals surface area contributed by atoms with Gasteiger partial charge in [-0.05, 0) is 18.4 Å². The van der Waals surface area contributed by atoms with E-state index in [2.05, 4.69) is 10.6 Å². The van der Waals surface area contributed by atoms with Gasteiger partial charge in [-0.1, -0.05) is 0 Å². The van der Waals surface area contributed by atoms with E-state index in [1.54, 1.807) is 11.4 Å². The lowest BCUT2D eigenvalue weighted by molar-refractivity contribution is -0.133. The molecule has 7 heteroatoms. The minimum atomic E-state index is -0.109. The monoisotopic (exact) mass is 317 g/mol. The Kier molecular flexibility index (Phi) is 6.98. The van der Waals surface area contributed by atoms with Crippen molar-refractivity contribution in [3.05, 3.63) is 22.4 Å². The summed E-state index contributed by atoms with van der Waals surface area (Å²) in [6.07, 6.45) is 0.361. The van der Waals surface area contributed by atoms with Crippen LogP contribution in [-0.4, -0.2) is 48.9 Å². The number of carbonyl (C=O) groups is 2. The summed E-state index contributed by atoms with van der Waals surface area (Å²) in [4.78, 5) is 25.6. The lowest BCUT2D eigenvalue weighted by Gasteiger charge is -2.34. The number of hydrogen-bond donors (Lipinski definition) is 2. The fraction of sp³-hybridized carbons (Fsp3) is 0.538. The molecule has 2 heterocycles. The molecule has 1 atom stereocenters. The summed E-state index contributed by atoms with van der Waals surface area (Å²) in [5.41, 5.74) is 0.660. The smallest absolute Gasteiger partial charge is 0.252 e. The van der Waals surface area contributed by atoms with E-state index in [-0.39, 0.29) is 30.3 Å². The van der Waals surface area contributed by atoms with Crippen LogP contribution in [0.4, 0.5) is 0 Å². The minimum Gasteiger partial charge on any atom is -0.351 e. The molecule has 2 amide bonds. The normalized spacial score (nSPS) is 18.2. The summed E-state index contributed by atoms with van der Waals surface area (Å²) >= 11 is 1.49. The molecule has 20 heavy (non-hydrogen) atoms. The Hall–Kier alpha value is -1.11. The Morgan fingerprint density at radius 2 is 2.35 bits per heavy atom. The van der Waals surface area contributed by atoms with Gasteiger partial charge in [0.1, 0.15) is 0 Å². The summed E-state index contributed by atoms with van der Waals surface area (Å²) < 4.78 is 0. The van der Waals surface area contributed by atoms with Crippen LogP contribution in [0.2, 0.25) is 0 Å². The van der Waals surface area contributed by atoms with Crippen LogP contribution in [0, 0.1) is 0 Å². The summed E-state index contributed by atoms with van der Waals surface area (Å²) in [6, 6.07) is 2.01. The molecule has 0 aliphatic carbocycles. The van der Waals surface area contributed by atoms with E-state index in [0.717, 1.165) is 19.6 Å². The molecule has 1 saturated heterocycles. The number of nitrogens with zero attached hydrogens (tertiary/aromatic N) is 1. The fourth-order valence-corrected chi connectivity index (χ4v) is 2.77. The van der Waals surface area contributed by atoms with Gasteiger partial charge in [-0.25, -0.2) is 0 Å². The molecule has 0 aromatic carbocycles. The predicted molar refractivity (Wildman–Crippen MR) is 82.6 cm³/mol. The van der Waals surface area contributed by atoms with Gasteiger partial charge in [0.15, 0.2) is 0 Å². The first kappa shape index (κ1) is 16.9. The number of nitrogens with one attached hydrogen (secondary N) is 2. The van der Waals surface area contributed by atoms with Crippen molar-refractivity contribution < 1.29 is 9.59 Å². The highest BCUT2D eigenvalue weighted by atomic mass is 35.5. The van der Waals surface area contributed by atoms with Gasteiger partial charge in [0, 0.05) is 49.6 Å². The van der Waals surface area contributed by atoms with Crippen molar-refractivity contribution in [1.29, 1.82) is 0 Å². The van der Waals surface area contributed by atoms with Crippen molar-refractivity contribution in [2.75, 3.05) is 26.2 Å². The molecule has 2 rings (SSSR count). The molecular formula is C13H20ClN3O2S. The molecule has 0 spiro atoms. The van der Waals surface area contributed by atoms with Crippen LogP contribution >= 0.6 is 23.7 Å². The van der Waals surface area contributed by atoms with Gasteiger partial charge in [-0.15, -0.1) is 12.4 Å². The zero-order valence-corrected chi connectivity index (χ0v) is 13.1. The number of piperazine rings is 1. The average molecular weight is 318 g/mol. The first-order valence-corrected chi connectivity index (χ1v) is 7.43. The molecule has 0 saturated carbocycles. The third-order valence-electron chi connectivity index (χ3n) is 3.23. The van der Waals surface area contributed by atoms with Gasteiger partial charge in [-0.2, -0.15) is 11.3 Å². The highest BCUT2D eigenvalue weighted by molar-refractivity contribution is 7.08. The molecule has 0 radical (unpaired) electrons. The van der Waals surface area contributed by atoms with Crippen molar-refractivity contribution in [3.63, 3.8) is 0 Å². The number of halogens is 1. The standard InChI is InChI=1S/C13H19N3O2S.ClH/c1-10-8-14-5-6-16(10)12(17)2-4-15-13(18)11-3-7-19-9-11;/h3,7,9-10,14H,2,4-6,8H2,1H3,(H,15,18);1H/t10-;/m0./s1. The van der Waals surface area contributed by atoms with Crippen molar-refractivity contribution >= 4 is 35.6 Å². The highest BCUT2D eigenvalue weighted by Crippen LogP contribution is 2.06. The number of amides is 2. The van der Waals surface area contributed by atoms with Crippen LogP contribution < -0.4 is 10.6 Å². The van der Waals surface area contributed by atoms with Crippen LogP contribution in [0.1, 0.15) is 23.7 Å². The highest BCUT2D eigenvalue weighted by Gasteiger charge is 2.22. The third kappa shape index (κ3) is 4.47. The lowest BCUT2D eigenvalue weighted by Crippen LogP contribution is -2.52. The number of hydrogen-bond acceptors (Lipinski definition) is 4. The van der Waals surface area contributed by atoms with E-state index in [0.29, 0.717) is 18.5 Å². The molecule has 5 nitrogen and oxygen atoms in total. The van der Waals surface area contributed by atoms with E-state index in [1.165, 1.54) is 11.3 Å². The van der Waals surface area contributed by atoms with Gasteiger partial charge in [0.05, 0.1) is 0 Å². The van der Waals surface area contributed by atoms with Gasteiger partial charge in [0.2, 0.25) is 5.91 Å². The maximum atomic E-state index is 12.0. The van der Waals surface area contributed by atoms with Gasteiger partial charge in [0.25, 0.3) is 5.91 Å². The molecule has 1 aliphatic rings. The molecular weight excluding hydrogens is 298 g/mol. The zero-order valence-electron chi connectivity index (χ0n) is 11.4. The quantitative estimate of drug-likeness (QED) is 0.874. The number of rotatable bonds is 4. The SMILES string of the molecule is C[C@H]1CNCCN1C(=O)CCNC(=O)c1ccsc1.Cl. The molecule has 2 N–H and O–H groups in total. The lowest BCUT2D eigenvalue weighted by atomic mass is 10.2. The Bertz CT molecular complexity index is 439. The summed E-state index contributed by atoms with van der Waals surface area (Å²) in [7, 11) is 0. The Balaban J connectivity index is 0.00000200. The van der Waals surface area contributed by atoms with Crippen molar-refractivity contribution in [3.8, 4) is 0 Å². The first-order chi connectivity index (χ1) is 9.18. The van der Waals surface area contributed by atoms with E-state index in [1.807, 2.05) is 17.2 Å². The van der Waals surface area contributed by atoms with Gasteiger partial charge in [-0.3, -0.25) is 9.59 Å². The zero-order chi connectivity index (χ0) is 13.7. The Labute approximate surface area is 129 Å². The van der Waals surface area contributed by atoms with Crippen molar-refractivity contribution in [2.45, 2.75) is 19.4 Å². The third-order valence-corrected chi connectivity index (χ3v) is 3.91. The Morgan fingerprint density at radius 3 is 3.00 bits per heavy atom.